The number of nitrogens with zero attached hydrogens (tertiary/aromatic N) is 2. The number of pyridine rings is 1. The maximum absolute atomic E-state index is 12.2. The molecule has 0 radical (unpaired) electrons. The van der Waals surface area contributed by atoms with Gasteiger partial charge in [0.05, 0.1) is 5.92 Å². The van der Waals surface area contributed by atoms with Crippen LogP contribution in [0.15, 0.2) is 22.8 Å². The molecule has 0 aromatic carbocycles. The summed E-state index contributed by atoms with van der Waals surface area (Å²) in [4.78, 5) is 18.6. The van der Waals surface area contributed by atoms with Crippen LogP contribution in [0.5, 0.6) is 0 Å². The lowest BCUT2D eigenvalue weighted by Gasteiger charge is -2.31. The molecule has 19 heavy (non-hydrogen) atoms. The Morgan fingerprint density at radius 3 is 3.11 bits per heavy atom. The molecule has 0 aliphatic carbocycles. The first-order valence-corrected chi connectivity index (χ1v) is 7.33. The van der Waals surface area contributed by atoms with Crippen molar-refractivity contribution < 1.29 is 4.79 Å². The summed E-state index contributed by atoms with van der Waals surface area (Å²) < 4.78 is 0.900. The van der Waals surface area contributed by atoms with Gasteiger partial charge in [-0.25, -0.2) is 4.98 Å². The minimum atomic E-state index is 0.0331. The van der Waals surface area contributed by atoms with Crippen molar-refractivity contribution in [3.8, 4) is 0 Å². The maximum Gasteiger partial charge on any atom is 0.229 e. The monoisotopic (exact) mass is 326 g/mol. The molecule has 1 aromatic rings. The number of aromatic nitrogens is 1. The second kappa shape index (κ2) is 6.98. The van der Waals surface area contributed by atoms with Crippen LogP contribution in [-0.2, 0) is 4.79 Å². The highest BCUT2D eigenvalue weighted by Gasteiger charge is 2.25. The normalized spacial score (nSPS) is 20.2. The lowest BCUT2D eigenvalue weighted by molar-refractivity contribution is -0.121. The molecule has 3 N–H and O–H groups in total. The Hall–Kier alpha value is -0.980. The van der Waals surface area contributed by atoms with Gasteiger partial charge in [0.25, 0.3) is 0 Å². The van der Waals surface area contributed by atoms with Crippen molar-refractivity contribution in [1.82, 2.24) is 9.88 Å². The molecule has 2 rings (SSSR count). The van der Waals surface area contributed by atoms with Crippen LogP contribution in [0.25, 0.3) is 0 Å². The van der Waals surface area contributed by atoms with E-state index in [4.69, 9.17) is 5.73 Å². The zero-order chi connectivity index (χ0) is 13.7. The number of nitrogens with one attached hydrogen (secondary N) is 1. The van der Waals surface area contributed by atoms with Crippen LogP contribution < -0.4 is 11.1 Å². The van der Waals surface area contributed by atoms with E-state index >= 15 is 0 Å². The Kier molecular flexibility index (Phi) is 5.30. The van der Waals surface area contributed by atoms with E-state index in [0.29, 0.717) is 12.4 Å². The van der Waals surface area contributed by atoms with E-state index in [1.165, 1.54) is 0 Å². The Morgan fingerprint density at radius 2 is 2.42 bits per heavy atom. The predicted octanol–water partition coefficient (Wildman–Crippen LogP) is 1.45. The van der Waals surface area contributed by atoms with Crippen LogP contribution in [-0.4, -0.2) is 42.0 Å². The number of nitrogens with two attached hydrogens (primary N) is 1. The zero-order valence-corrected chi connectivity index (χ0v) is 12.4. The van der Waals surface area contributed by atoms with Gasteiger partial charge in [-0.3, -0.25) is 4.79 Å². The molecule has 1 atom stereocenters. The number of piperidine rings is 1. The van der Waals surface area contributed by atoms with Gasteiger partial charge in [0.2, 0.25) is 5.91 Å². The summed E-state index contributed by atoms with van der Waals surface area (Å²) in [5.41, 5.74) is 5.56. The van der Waals surface area contributed by atoms with Gasteiger partial charge >= 0.3 is 0 Å². The number of likely N-dealkylation sites (tertiary alicyclic amines) is 1. The van der Waals surface area contributed by atoms with Crippen molar-refractivity contribution in [2.45, 2.75) is 12.8 Å². The van der Waals surface area contributed by atoms with E-state index in [-0.39, 0.29) is 11.8 Å². The maximum atomic E-state index is 12.2. The topological polar surface area (TPSA) is 71.2 Å². The second-order valence-corrected chi connectivity index (χ2v) is 5.70. The molecule has 1 amide bonds. The molecule has 5 nitrogen and oxygen atoms in total. The fourth-order valence-corrected chi connectivity index (χ4v) is 2.57. The zero-order valence-electron chi connectivity index (χ0n) is 10.8. The summed E-state index contributed by atoms with van der Waals surface area (Å²) in [6.07, 6.45) is 3.66. The fourth-order valence-electron chi connectivity index (χ4n) is 2.33. The average molecular weight is 327 g/mol. The molecular weight excluding hydrogens is 308 g/mol. The van der Waals surface area contributed by atoms with Gasteiger partial charge in [-0.1, -0.05) is 0 Å². The van der Waals surface area contributed by atoms with Gasteiger partial charge in [0.15, 0.2) is 0 Å². The molecule has 1 unspecified atom stereocenters. The average Bonchev–Trinajstić information content (AvgIpc) is 2.42. The van der Waals surface area contributed by atoms with Crippen LogP contribution >= 0.6 is 15.9 Å². The molecular formula is C13H19BrN4O. The second-order valence-electron chi connectivity index (χ2n) is 4.78. The molecule has 0 bridgehead atoms. The predicted molar refractivity (Wildman–Crippen MR) is 78.8 cm³/mol. The smallest absolute Gasteiger partial charge is 0.229 e. The van der Waals surface area contributed by atoms with Crippen molar-refractivity contribution in [1.29, 1.82) is 0 Å². The molecule has 1 aromatic heterocycles. The van der Waals surface area contributed by atoms with Crippen LogP contribution in [0, 0.1) is 5.92 Å². The summed E-state index contributed by atoms with van der Waals surface area (Å²) in [6, 6.07) is 3.66. The first-order chi connectivity index (χ1) is 9.19. The van der Waals surface area contributed by atoms with Crippen molar-refractivity contribution in [3.05, 3.63) is 22.8 Å². The Bertz CT molecular complexity index is 421. The van der Waals surface area contributed by atoms with Crippen molar-refractivity contribution >= 4 is 27.7 Å². The first kappa shape index (κ1) is 14.4. The third-order valence-corrected chi connectivity index (χ3v) is 3.77. The molecule has 104 valence electrons. The minimum absolute atomic E-state index is 0.0331. The van der Waals surface area contributed by atoms with Crippen molar-refractivity contribution in [2.75, 3.05) is 31.5 Å². The molecule has 1 fully saturated rings. The third-order valence-electron chi connectivity index (χ3n) is 3.30. The minimum Gasteiger partial charge on any atom is -0.329 e. The van der Waals surface area contributed by atoms with Crippen molar-refractivity contribution in [3.63, 3.8) is 0 Å². The first-order valence-electron chi connectivity index (χ1n) is 6.54. The van der Waals surface area contributed by atoms with Gasteiger partial charge in [0.1, 0.15) is 5.82 Å². The number of carbonyl (C=O) groups is 1. The van der Waals surface area contributed by atoms with Gasteiger partial charge in [-0.15, -0.1) is 0 Å². The summed E-state index contributed by atoms with van der Waals surface area (Å²) >= 11 is 3.32. The van der Waals surface area contributed by atoms with E-state index in [0.717, 1.165) is 36.9 Å². The van der Waals surface area contributed by atoms with Crippen LogP contribution in [0.3, 0.4) is 0 Å². The summed E-state index contributed by atoms with van der Waals surface area (Å²) in [5.74, 6) is 0.687. The SMILES string of the molecule is NCCN1CCCC(C(=O)Nc2ccc(Br)cn2)C1. The van der Waals surface area contributed by atoms with E-state index < -0.39 is 0 Å². The summed E-state index contributed by atoms with van der Waals surface area (Å²) in [6.45, 7) is 3.33. The number of hydrogen-bond donors (Lipinski definition) is 2. The molecule has 0 spiro atoms. The highest BCUT2D eigenvalue weighted by Crippen LogP contribution is 2.18. The Balaban J connectivity index is 1.90. The van der Waals surface area contributed by atoms with E-state index in [1.807, 2.05) is 6.07 Å². The quantitative estimate of drug-likeness (QED) is 0.878. The number of rotatable bonds is 4. The number of hydrogen-bond acceptors (Lipinski definition) is 4. The van der Waals surface area contributed by atoms with E-state index in [9.17, 15) is 4.79 Å². The molecule has 0 saturated carbocycles. The van der Waals surface area contributed by atoms with E-state index in [1.54, 1.807) is 12.3 Å². The standard InChI is InChI=1S/C13H19BrN4O/c14-11-3-4-12(16-8-11)17-13(19)10-2-1-6-18(9-10)7-5-15/h3-4,8,10H,1-2,5-7,9,15H2,(H,16,17,19). The molecule has 1 aliphatic heterocycles. The highest BCUT2D eigenvalue weighted by atomic mass is 79.9. The van der Waals surface area contributed by atoms with Crippen LogP contribution in [0.2, 0.25) is 0 Å². The van der Waals surface area contributed by atoms with E-state index in [2.05, 4.69) is 31.1 Å². The number of halogens is 1. The lowest BCUT2D eigenvalue weighted by Crippen LogP contribution is -2.42. The Morgan fingerprint density at radius 1 is 1.58 bits per heavy atom. The van der Waals surface area contributed by atoms with Crippen molar-refractivity contribution in [2.24, 2.45) is 11.7 Å². The van der Waals surface area contributed by atoms with Gasteiger partial charge in [0, 0.05) is 30.3 Å². The molecule has 1 aliphatic rings. The number of anilines is 1. The van der Waals surface area contributed by atoms with Gasteiger partial charge in [-0.05, 0) is 47.4 Å². The highest BCUT2D eigenvalue weighted by molar-refractivity contribution is 9.10. The molecule has 1 saturated heterocycles. The largest absolute Gasteiger partial charge is 0.329 e. The van der Waals surface area contributed by atoms with Crippen LogP contribution in [0.4, 0.5) is 5.82 Å². The third kappa shape index (κ3) is 4.26. The fraction of sp³-hybridized carbons (Fsp3) is 0.538. The number of amides is 1. The Labute approximate surface area is 121 Å². The van der Waals surface area contributed by atoms with Gasteiger partial charge in [-0.2, -0.15) is 0 Å². The lowest BCUT2D eigenvalue weighted by atomic mass is 9.97. The molecule has 6 heteroatoms. The number of carbonyl (C=O) groups excluding carboxylic acids is 1. The summed E-state index contributed by atoms with van der Waals surface area (Å²) in [7, 11) is 0. The summed E-state index contributed by atoms with van der Waals surface area (Å²) in [5, 5.41) is 2.87. The molecule has 2 heterocycles. The van der Waals surface area contributed by atoms with Crippen LogP contribution in [0.1, 0.15) is 12.8 Å². The van der Waals surface area contributed by atoms with Gasteiger partial charge < -0.3 is 16.0 Å².